The van der Waals surface area contributed by atoms with Gasteiger partial charge in [-0.3, -0.25) is 14.9 Å². The molecule has 1 aromatic rings. The van der Waals surface area contributed by atoms with Crippen molar-refractivity contribution in [3.8, 4) is 5.75 Å². The van der Waals surface area contributed by atoms with Crippen molar-refractivity contribution in [2.24, 2.45) is 0 Å². The molecule has 1 heterocycles. The van der Waals surface area contributed by atoms with E-state index in [1.807, 2.05) is 31.3 Å². The Morgan fingerprint density at radius 2 is 2.05 bits per heavy atom. The van der Waals surface area contributed by atoms with E-state index in [9.17, 15) is 9.59 Å². The lowest BCUT2D eigenvalue weighted by molar-refractivity contribution is -0.115. The molecule has 100 valence electrons. The molecule has 1 aromatic carbocycles. The molecule has 0 saturated carbocycles. The highest BCUT2D eigenvalue weighted by atomic mass is 32.2. The van der Waals surface area contributed by atoms with Crippen molar-refractivity contribution in [2.75, 3.05) is 20.2 Å². The molecule has 2 rings (SSSR count). The fourth-order valence-corrected chi connectivity index (χ4v) is 2.19. The molecule has 2 amide bonds. The molecule has 5 nitrogen and oxygen atoms in total. The van der Waals surface area contributed by atoms with Gasteiger partial charge in [0.1, 0.15) is 12.4 Å². The Morgan fingerprint density at radius 3 is 2.63 bits per heavy atom. The lowest BCUT2D eigenvalue weighted by Crippen LogP contribution is -2.17. The van der Waals surface area contributed by atoms with E-state index >= 15 is 0 Å². The average Bonchev–Trinajstić information content (AvgIpc) is 2.70. The third-order valence-corrected chi connectivity index (χ3v) is 3.25. The number of rotatable bonds is 5. The third kappa shape index (κ3) is 3.84. The Morgan fingerprint density at radius 1 is 1.32 bits per heavy atom. The van der Waals surface area contributed by atoms with Gasteiger partial charge in [-0.15, -0.1) is 0 Å². The minimum absolute atomic E-state index is 0.330. The zero-order chi connectivity index (χ0) is 13.7. The first kappa shape index (κ1) is 13.6. The Labute approximate surface area is 115 Å². The van der Waals surface area contributed by atoms with Gasteiger partial charge in [-0.1, -0.05) is 12.1 Å². The lowest BCUT2D eigenvalue weighted by Gasteiger charge is -2.05. The molecule has 0 bridgehead atoms. The van der Waals surface area contributed by atoms with Crippen LogP contribution in [0.5, 0.6) is 5.75 Å². The number of nitrogens with one attached hydrogen (secondary N) is 2. The van der Waals surface area contributed by atoms with Gasteiger partial charge < -0.3 is 10.1 Å². The van der Waals surface area contributed by atoms with Crippen LogP contribution in [0.1, 0.15) is 5.56 Å². The highest BCUT2D eigenvalue weighted by Crippen LogP contribution is 2.26. The van der Waals surface area contributed by atoms with Crippen LogP contribution in [0.3, 0.4) is 0 Å². The van der Waals surface area contributed by atoms with Crippen LogP contribution in [-0.4, -0.2) is 31.3 Å². The lowest BCUT2D eigenvalue weighted by atomic mass is 10.2. The predicted molar refractivity (Wildman–Crippen MR) is 75.0 cm³/mol. The SMILES string of the molecule is CNCCOc1ccc(/C=C2\SC(=O)NC2=O)cc1. The number of carbonyl (C=O) groups excluding carboxylic acids is 2. The highest BCUT2D eigenvalue weighted by Gasteiger charge is 2.24. The van der Waals surface area contributed by atoms with E-state index in [0.29, 0.717) is 11.5 Å². The second kappa shape index (κ2) is 6.40. The number of amides is 2. The smallest absolute Gasteiger partial charge is 0.290 e. The van der Waals surface area contributed by atoms with Crippen molar-refractivity contribution in [3.05, 3.63) is 34.7 Å². The van der Waals surface area contributed by atoms with Crippen LogP contribution in [0, 0.1) is 0 Å². The van der Waals surface area contributed by atoms with Gasteiger partial charge in [-0.05, 0) is 42.6 Å². The van der Waals surface area contributed by atoms with Crippen LogP contribution in [0.2, 0.25) is 0 Å². The minimum atomic E-state index is -0.343. The maximum Gasteiger partial charge on any atom is 0.290 e. The summed E-state index contributed by atoms with van der Waals surface area (Å²) in [5, 5.41) is 4.88. The van der Waals surface area contributed by atoms with Crippen LogP contribution in [0.25, 0.3) is 6.08 Å². The first-order valence-corrected chi connectivity index (χ1v) is 6.63. The fraction of sp³-hybridized carbons (Fsp3) is 0.231. The summed E-state index contributed by atoms with van der Waals surface area (Å²) >= 11 is 0.912. The molecule has 2 N–H and O–H groups in total. The summed E-state index contributed by atoms with van der Waals surface area (Å²) < 4.78 is 5.49. The van der Waals surface area contributed by atoms with E-state index in [2.05, 4.69) is 10.6 Å². The quantitative estimate of drug-likeness (QED) is 0.632. The number of hydrogen-bond donors (Lipinski definition) is 2. The van der Waals surface area contributed by atoms with Gasteiger partial charge in [0.05, 0.1) is 4.91 Å². The van der Waals surface area contributed by atoms with Crippen LogP contribution in [-0.2, 0) is 4.79 Å². The molecular weight excluding hydrogens is 264 g/mol. The first-order chi connectivity index (χ1) is 9.19. The Balaban J connectivity index is 2.00. The second-order valence-corrected chi connectivity index (χ2v) is 4.89. The van der Waals surface area contributed by atoms with Crippen molar-refractivity contribution in [3.63, 3.8) is 0 Å². The summed E-state index contributed by atoms with van der Waals surface area (Å²) in [6.45, 7) is 1.38. The van der Waals surface area contributed by atoms with Crippen molar-refractivity contribution < 1.29 is 14.3 Å². The third-order valence-electron chi connectivity index (χ3n) is 2.44. The van der Waals surface area contributed by atoms with Gasteiger partial charge >= 0.3 is 0 Å². The molecule has 19 heavy (non-hydrogen) atoms. The average molecular weight is 278 g/mol. The number of hydrogen-bond acceptors (Lipinski definition) is 5. The molecule has 0 aromatic heterocycles. The van der Waals surface area contributed by atoms with Crippen molar-refractivity contribution in [1.82, 2.24) is 10.6 Å². The molecule has 1 saturated heterocycles. The van der Waals surface area contributed by atoms with Gasteiger partial charge in [0.15, 0.2) is 0 Å². The molecule has 1 aliphatic rings. The summed E-state index contributed by atoms with van der Waals surface area (Å²) in [4.78, 5) is 22.8. The van der Waals surface area contributed by atoms with Crippen molar-refractivity contribution in [1.29, 1.82) is 0 Å². The van der Waals surface area contributed by atoms with Crippen LogP contribution < -0.4 is 15.4 Å². The minimum Gasteiger partial charge on any atom is -0.492 e. The van der Waals surface area contributed by atoms with Gasteiger partial charge in [0, 0.05) is 6.54 Å². The zero-order valence-electron chi connectivity index (χ0n) is 10.4. The number of benzene rings is 1. The van der Waals surface area contributed by atoms with Crippen LogP contribution >= 0.6 is 11.8 Å². The number of imide groups is 1. The van der Waals surface area contributed by atoms with Gasteiger partial charge in [0.2, 0.25) is 0 Å². The molecule has 0 aliphatic carbocycles. The van der Waals surface area contributed by atoms with Gasteiger partial charge in [0.25, 0.3) is 11.1 Å². The first-order valence-electron chi connectivity index (χ1n) is 5.81. The van der Waals surface area contributed by atoms with E-state index in [1.54, 1.807) is 6.08 Å². The molecule has 1 fully saturated rings. The number of ether oxygens (including phenoxy) is 1. The van der Waals surface area contributed by atoms with E-state index in [4.69, 9.17) is 4.74 Å². The highest BCUT2D eigenvalue weighted by molar-refractivity contribution is 8.18. The second-order valence-electron chi connectivity index (χ2n) is 3.87. The number of thioether (sulfide) groups is 1. The summed E-state index contributed by atoms with van der Waals surface area (Å²) in [5.41, 5.74) is 0.855. The fourth-order valence-electron chi connectivity index (χ4n) is 1.50. The summed E-state index contributed by atoms with van der Waals surface area (Å²) in [6, 6.07) is 7.36. The molecule has 6 heteroatoms. The van der Waals surface area contributed by atoms with E-state index in [-0.39, 0.29) is 11.1 Å². The normalized spacial score (nSPS) is 16.8. The number of likely N-dealkylation sites (N-methyl/N-ethyl adjacent to an activating group) is 1. The Hall–Kier alpha value is -1.79. The van der Waals surface area contributed by atoms with E-state index in [0.717, 1.165) is 29.6 Å². The summed E-state index contributed by atoms with van der Waals surface area (Å²) in [5.74, 6) is 0.432. The van der Waals surface area contributed by atoms with Gasteiger partial charge in [-0.2, -0.15) is 0 Å². The Kier molecular flexibility index (Phi) is 4.59. The van der Waals surface area contributed by atoms with Gasteiger partial charge in [-0.25, -0.2) is 0 Å². The Bertz CT molecular complexity index is 511. The van der Waals surface area contributed by atoms with Crippen molar-refractivity contribution >= 4 is 29.0 Å². The standard InChI is InChI=1S/C13H14N2O3S/c1-14-6-7-18-10-4-2-9(3-5-10)8-11-12(16)15-13(17)19-11/h2-5,8,14H,6-7H2,1H3,(H,15,16,17)/b11-8-. The molecule has 0 radical (unpaired) electrons. The van der Waals surface area contributed by atoms with Crippen molar-refractivity contribution in [2.45, 2.75) is 0 Å². The number of carbonyl (C=O) groups is 2. The zero-order valence-corrected chi connectivity index (χ0v) is 11.3. The molecule has 0 spiro atoms. The van der Waals surface area contributed by atoms with Crippen LogP contribution in [0.4, 0.5) is 4.79 Å². The topological polar surface area (TPSA) is 67.4 Å². The maximum atomic E-state index is 11.4. The summed E-state index contributed by atoms with van der Waals surface area (Å²) in [6.07, 6.45) is 1.68. The molecular formula is C13H14N2O3S. The van der Waals surface area contributed by atoms with E-state index in [1.165, 1.54) is 0 Å². The maximum absolute atomic E-state index is 11.4. The largest absolute Gasteiger partial charge is 0.492 e. The van der Waals surface area contributed by atoms with Crippen LogP contribution in [0.15, 0.2) is 29.2 Å². The molecule has 1 aliphatic heterocycles. The summed E-state index contributed by atoms with van der Waals surface area (Å²) in [7, 11) is 1.87. The molecule has 0 atom stereocenters. The molecule has 0 unspecified atom stereocenters. The monoisotopic (exact) mass is 278 g/mol. The predicted octanol–water partition coefficient (Wildman–Crippen LogP) is 1.61. The van der Waals surface area contributed by atoms with E-state index < -0.39 is 0 Å².